The van der Waals surface area contributed by atoms with E-state index in [1.54, 1.807) is 0 Å². The van der Waals surface area contributed by atoms with Gasteiger partial charge in [0.15, 0.2) is 5.84 Å². The molecule has 0 bridgehead atoms. The number of anilines is 1. The average molecular weight is 313 g/mol. The molecule has 0 amide bonds. The topological polar surface area (TPSA) is 18.8 Å². The van der Waals surface area contributed by atoms with E-state index in [1.165, 1.54) is 11.1 Å². The Morgan fingerprint density at radius 2 is 1.21 bits per heavy atom. The molecule has 0 saturated heterocycles. The number of benzene rings is 3. The van der Waals surface area contributed by atoms with Crippen molar-refractivity contribution in [1.82, 2.24) is 4.90 Å². The Balaban J connectivity index is 1.61. The molecule has 0 spiro atoms. The third kappa shape index (κ3) is 2.76. The van der Waals surface area contributed by atoms with Crippen molar-refractivity contribution in [2.45, 2.75) is 0 Å². The molecule has 1 aliphatic heterocycles. The van der Waals surface area contributed by atoms with Crippen LogP contribution in [-0.4, -0.2) is 24.5 Å². The minimum absolute atomic E-state index is 0.764. The van der Waals surface area contributed by atoms with Crippen molar-refractivity contribution >= 4 is 11.5 Å². The Hall–Kier alpha value is -3.07. The van der Waals surface area contributed by atoms with Crippen LogP contribution in [0.3, 0.4) is 0 Å². The zero-order valence-electron chi connectivity index (χ0n) is 13.6. The smallest absolute Gasteiger partial charge is 0.157 e. The van der Waals surface area contributed by atoms with Crippen LogP contribution in [0.15, 0.2) is 90.0 Å². The number of hydrogen-bond acceptors (Lipinski definition) is 3. The van der Waals surface area contributed by atoms with Crippen LogP contribution in [0.25, 0.3) is 11.1 Å². The molecule has 118 valence electrons. The zero-order chi connectivity index (χ0) is 16.4. The summed E-state index contributed by atoms with van der Waals surface area (Å²) in [6.07, 6.45) is 0. The Bertz CT molecular complexity index is 839. The van der Waals surface area contributed by atoms with Crippen LogP contribution in [0.5, 0.6) is 0 Å². The van der Waals surface area contributed by atoms with E-state index in [4.69, 9.17) is 5.10 Å². The summed E-state index contributed by atoms with van der Waals surface area (Å²) in [7, 11) is 2.08. The fraction of sp³-hybridized carbons (Fsp3) is 0.0952. The molecule has 3 aromatic rings. The molecular weight excluding hydrogens is 294 g/mol. The van der Waals surface area contributed by atoms with E-state index in [9.17, 15) is 0 Å². The Labute approximate surface area is 142 Å². The molecule has 3 heteroatoms. The van der Waals surface area contributed by atoms with Gasteiger partial charge >= 0.3 is 0 Å². The first-order chi connectivity index (χ1) is 11.8. The monoisotopic (exact) mass is 313 g/mol. The SMILES string of the molecule is CN1CN(c2ccccc2)N=C1c1ccc(-c2ccccc2)cc1. The second kappa shape index (κ2) is 6.20. The third-order valence-corrected chi connectivity index (χ3v) is 4.23. The molecular formula is C21H19N3. The van der Waals surface area contributed by atoms with E-state index in [2.05, 4.69) is 72.6 Å². The van der Waals surface area contributed by atoms with Gasteiger partial charge < -0.3 is 4.90 Å². The van der Waals surface area contributed by atoms with Gasteiger partial charge in [-0.1, -0.05) is 72.8 Å². The van der Waals surface area contributed by atoms with Gasteiger partial charge in [0.25, 0.3) is 0 Å². The third-order valence-electron chi connectivity index (χ3n) is 4.23. The summed E-state index contributed by atoms with van der Waals surface area (Å²) in [5.74, 6) is 0.999. The largest absolute Gasteiger partial charge is 0.338 e. The van der Waals surface area contributed by atoms with Crippen molar-refractivity contribution in [2.75, 3.05) is 18.7 Å². The van der Waals surface area contributed by atoms with Gasteiger partial charge in [0.1, 0.15) is 6.67 Å². The molecule has 3 nitrogen and oxygen atoms in total. The van der Waals surface area contributed by atoms with Crippen LogP contribution in [0.1, 0.15) is 5.56 Å². The van der Waals surface area contributed by atoms with E-state index in [-0.39, 0.29) is 0 Å². The molecule has 0 aliphatic carbocycles. The molecule has 0 unspecified atom stereocenters. The van der Waals surface area contributed by atoms with Gasteiger partial charge in [-0.2, -0.15) is 5.10 Å². The van der Waals surface area contributed by atoms with Crippen LogP contribution in [0, 0.1) is 0 Å². The highest BCUT2D eigenvalue weighted by Crippen LogP contribution is 2.23. The molecule has 1 heterocycles. The van der Waals surface area contributed by atoms with Gasteiger partial charge in [0.05, 0.1) is 5.69 Å². The van der Waals surface area contributed by atoms with Gasteiger partial charge in [-0.05, 0) is 23.3 Å². The lowest BCUT2D eigenvalue weighted by atomic mass is 10.0. The van der Waals surface area contributed by atoms with Gasteiger partial charge in [-0.15, -0.1) is 0 Å². The lowest BCUT2D eigenvalue weighted by Crippen LogP contribution is -2.27. The van der Waals surface area contributed by atoms with Crippen molar-refractivity contribution in [3.63, 3.8) is 0 Å². The molecule has 0 aromatic heterocycles. The highest BCUT2D eigenvalue weighted by Gasteiger charge is 2.21. The van der Waals surface area contributed by atoms with Gasteiger partial charge in [-0.25, -0.2) is 5.01 Å². The van der Waals surface area contributed by atoms with Crippen molar-refractivity contribution < 1.29 is 0 Å². The van der Waals surface area contributed by atoms with E-state index in [0.29, 0.717) is 0 Å². The lowest BCUT2D eigenvalue weighted by molar-refractivity contribution is 0.539. The number of amidine groups is 1. The van der Waals surface area contributed by atoms with E-state index in [0.717, 1.165) is 23.8 Å². The molecule has 0 N–H and O–H groups in total. The van der Waals surface area contributed by atoms with Crippen LogP contribution in [-0.2, 0) is 0 Å². The van der Waals surface area contributed by atoms with Crippen LogP contribution in [0.2, 0.25) is 0 Å². The first-order valence-corrected chi connectivity index (χ1v) is 8.09. The highest BCUT2D eigenvalue weighted by atomic mass is 15.6. The zero-order valence-corrected chi connectivity index (χ0v) is 13.6. The minimum atomic E-state index is 0.764. The number of hydrazone groups is 1. The summed E-state index contributed by atoms with van der Waals surface area (Å²) in [6, 6.07) is 29.3. The van der Waals surface area contributed by atoms with Crippen LogP contribution in [0.4, 0.5) is 5.69 Å². The summed E-state index contributed by atoms with van der Waals surface area (Å²) in [5, 5.41) is 6.82. The summed E-state index contributed by atoms with van der Waals surface area (Å²) in [4.78, 5) is 2.17. The summed E-state index contributed by atoms with van der Waals surface area (Å²) in [5.41, 5.74) is 4.70. The molecule has 24 heavy (non-hydrogen) atoms. The van der Waals surface area contributed by atoms with Crippen molar-refractivity contribution in [2.24, 2.45) is 5.10 Å². The van der Waals surface area contributed by atoms with Gasteiger partial charge in [-0.3, -0.25) is 0 Å². The Morgan fingerprint density at radius 3 is 1.88 bits per heavy atom. The fourth-order valence-corrected chi connectivity index (χ4v) is 2.95. The molecule has 4 rings (SSSR count). The van der Waals surface area contributed by atoms with Crippen molar-refractivity contribution in [3.05, 3.63) is 90.5 Å². The summed E-state index contributed by atoms with van der Waals surface area (Å²) >= 11 is 0. The van der Waals surface area contributed by atoms with Crippen molar-refractivity contribution in [1.29, 1.82) is 0 Å². The van der Waals surface area contributed by atoms with Crippen LogP contribution < -0.4 is 5.01 Å². The highest BCUT2D eigenvalue weighted by molar-refractivity contribution is 6.00. The quantitative estimate of drug-likeness (QED) is 0.712. The Morgan fingerprint density at radius 1 is 0.667 bits per heavy atom. The normalized spacial score (nSPS) is 14.0. The first-order valence-electron chi connectivity index (χ1n) is 8.09. The standard InChI is InChI=1S/C21H19N3/c1-23-16-24(20-10-6-3-7-11-20)22-21(23)19-14-12-18(13-15-19)17-8-4-2-5-9-17/h2-15H,16H2,1H3. The van der Waals surface area contributed by atoms with Gasteiger partial charge in [0.2, 0.25) is 0 Å². The molecule has 0 atom stereocenters. The van der Waals surface area contributed by atoms with Crippen molar-refractivity contribution in [3.8, 4) is 11.1 Å². The first kappa shape index (κ1) is 14.5. The summed E-state index contributed by atoms with van der Waals surface area (Å²) in [6.45, 7) is 0.764. The average Bonchev–Trinajstić information content (AvgIpc) is 3.05. The number of hydrogen-bond donors (Lipinski definition) is 0. The molecule has 0 fully saturated rings. The molecule has 0 radical (unpaired) electrons. The van der Waals surface area contributed by atoms with E-state index < -0.39 is 0 Å². The van der Waals surface area contributed by atoms with Crippen LogP contribution >= 0.6 is 0 Å². The maximum atomic E-state index is 4.79. The fourth-order valence-electron chi connectivity index (χ4n) is 2.95. The maximum absolute atomic E-state index is 4.79. The molecule has 0 saturated carbocycles. The van der Waals surface area contributed by atoms with E-state index in [1.807, 2.05) is 29.3 Å². The number of nitrogens with zero attached hydrogens (tertiary/aromatic N) is 3. The van der Waals surface area contributed by atoms with E-state index >= 15 is 0 Å². The number of para-hydroxylation sites is 1. The number of rotatable bonds is 3. The predicted octanol–water partition coefficient (Wildman–Crippen LogP) is 4.42. The second-order valence-electron chi connectivity index (χ2n) is 5.94. The minimum Gasteiger partial charge on any atom is -0.338 e. The second-order valence-corrected chi connectivity index (χ2v) is 5.94. The predicted molar refractivity (Wildman–Crippen MR) is 100.0 cm³/mol. The lowest BCUT2D eigenvalue weighted by Gasteiger charge is -2.16. The maximum Gasteiger partial charge on any atom is 0.157 e. The molecule has 3 aromatic carbocycles. The Kier molecular flexibility index (Phi) is 3.75. The summed E-state index contributed by atoms with van der Waals surface area (Å²) < 4.78 is 0. The van der Waals surface area contributed by atoms with Gasteiger partial charge in [0, 0.05) is 12.6 Å². The molecule has 1 aliphatic rings.